The minimum atomic E-state index is -0.462. The minimum Gasteiger partial charge on any atom is -0.366 e. The molecule has 0 bridgehead atoms. The van der Waals surface area contributed by atoms with E-state index in [-0.39, 0.29) is 17.9 Å². The molecule has 0 saturated heterocycles. The van der Waals surface area contributed by atoms with Gasteiger partial charge >= 0.3 is 0 Å². The Balaban J connectivity index is 1.70. The maximum atomic E-state index is 13.0. The Hall–Kier alpha value is -3.15. The third kappa shape index (κ3) is 4.94. The summed E-state index contributed by atoms with van der Waals surface area (Å²) >= 11 is 0. The predicted molar refractivity (Wildman–Crippen MR) is 102 cm³/mol. The molecule has 6 heteroatoms. The monoisotopic (exact) mass is 365 g/mol. The van der Waals surface area contributed by atoms with Gasteiger partial charge in [0.2, 0.25) is 11.8 Å². The van der Waals surface area contributed by atoms with E-state index in [2.05, 4.69) is 5.32 Å². The lowest BCUT2D eigenvalue weighted by Gasteiger charge is -2.23. The van der Waals surface area contributed by atoms with E-state index in [0.29, 0.717) is 24.2 Å². The van der Waals surface area contributed by atoms with Crippen molar-refractivity contribution in [2.75, 3.05) is 0 Å². The van der Waals surface area contributed by atoms with Crippen molar-refractivity contribution in [2.24, 2.45) is 5.73 Å². The molecule has 0 aromatic heterocycles. The van der Waals surface area contributed by atoms with Gasteiger partial charge in [0.1, 0.15) is 0 Å². The summed E-state index contributed by atoms with van der Waals surface area (Å²) in [5, 5.41) is 2.74. The third-order valence-corrected chi connectivity index (χ3v) is 4.58. The van der Waals surface area contributed by atoms with Crippen LogP contribution >= 0.6 is 0 Å². The van der Waals surface area contributed by atoms with Crippen LogP contribution in [0.4, 0.5) is 0 Å². The summed E-state index contributed by atoms with van der Waals surface area (Å²) < 4.78 is 0. The van der Waals surface area contributed by atoms with E-state index in [4.69, 9.17) is 5.73 Å². The van der Waals surface area contributed by atoms with E-state index >= 15 is 0 Å². The number of amides is 3. The molecule has 0 unspecified atom stereocenters. The SMILES string of the molecule is CC(=O)NCc1ccc(C(=O)N(Cc2ccc(C(N)=O)cc2)C2CC2)cc1. The largest absolute Gasteiger partial charge is 0.366 e. The van der Waals surface area contributed by atoms with E-state index in [9.17, 15) is 14.4 Å². The highest BCUT2D eigenvalue weighted by Crippen LogP contribution is 2.30. The van der Waals surface area contributed by atoms with Gasteiger partial charge < -0.3 is 16.0 Å². The van der Waals surface area contributed by atoms with Gasteiger partial charge in [-0.25, -0.2) is 0 Å². The third-order valence-electron chi connectivity index (χ3n) is 4.58. The Bertz CT molecular complexity index is 840. The second-order valence-electron chi connectivity index (χ2n) is 6.83. The van der Waals surface area contributed by atoms with Crippen molar-refractivity contribution in [3.05, 3.63) is 70.8 Å². The topological polar surface area (TPSA) is 92.5 Å². The zero-order chi connectivity index (χ0) is 19.4. The molecule has 1 saturated carbocycles. The predicted octanol–water partition coefficient (Wildman–Crippen LogP) is 2.23. The first-order chi connectivity index (χ1) is 12.9. The average Bonchev–Trinajstić information content (AvgIpc) is 3.50. The number of nitrogens with one attached hydrogen (secondary N) is 1. The lowest BCUT2D eigenvalue weighted by atomic mass is 10.1. The zero-order valence-corrected chi connectivity index (χ0v) is 15.3. The summed E-state index contributed by atoms with van der Waals surface area (Å²) in [6, 6.07) is 14.6. The molecule has 3 N–H and O–H groups in total. The molecule has 1 aliphatic carbocycles. The van der Waals surface area contributed by atoms with Crippen LogP contribution in [0, 0.1) is 0 Å². The molecule has 27 heavy (non-hydrogen) atoms. The Morgan fingerprint density at radius 1 is 0.963 bits per heavy atom. The lowest BCUT2D eigenvalue weighted by molar-refractivity contribution is -0.119. The van der Waals surface area contributed by atoms with Gasteiger partial charge in [0.25, 0.3) is 5.91 Å². The van der Waals surface area contributed by atoms with Crippen LogP contribution in [0.1, 0.15) is 51.6 Å². The first kappa shape index (κ1) is 18.6. The summed E-state index contributed by atoms with van der Waals surface area (Å²) in [4.78, 5) is 37.0. The number of primary amides is 1. The number of rotatable bonds is 7. The average molecular weight is 365 g/mol. The van der Waals surface area contributed by atoms with Crippen molar-refractivity contribution in [1.82, 2.24) is 10.2 Å². The van der Waals surface area contributed by atoms with Crippen LogP contribution < -0.4 is 11.1 Å². The quantitative estimate of drug-likeness (QED) is 0.788. The first-order valence-electron chi connectivity index (χ1n) is 8.97. The lowest BCUT2D eigenvalue weighted by Crippen LogP contribution is -2.32. The highest BCUT2D eigenvalue weighted by atomic mass is 16.2. The van der Waals surface area contributed by atoms with E-state index in [1.165, 1.54) is 6.92 Å². The van der Waals surface area contributed by atoms with E-state index in [1.807, 2.05) is 29.2 Å². The maximum Gasteiger partial charge on any atom is 0.254 e. The van der Waals surface area contributed by atoms with Crippen LogP contribution in [0.5, 0.6) is 0 Å². The van der Waals surface area contributed by atoms with Gasteiger partial charge in [0, 0.05) is 37.2 Å². The highest BCUT2D eigenvalue weighted by Gasteiger charge is 2.33. The van der Waals surface area contributed by atoms with Gasteiger partial charge in [-0.2, -0.15) is 0 Å². The van der Waals surface area contributed by atoms with Crippen molar-refractivity contribution in [1.29, 1.82) is 0 Å². The van der Waals surface area contributed by atoms with Crippen LogP contribution in [-0.4, -0.2) is 28.7 Å². The van der Waals surface area contributed by atoms with Crippen molar-refractivity contribution < 1.29 is 14.4 Å². The molecule has 3 amide bonds. The molecule has 0 radical (unpaired) electrons. The Kier molecular flexibility index (Phi) is 5.54. The second-order valence-corrected chi connectivity index (χ2v) is 6.83. The normalized spacial score (nSPS) is 13.1. The van der Waals surface area contributed by atoms with Gasteiger partial charge in [-0.05, 0) is 48.2 Å². The summed E-state index contributed by atoms with van der Waals surface area (Å²) in [6.45, 7) is 2.42. The summed E-state index contributed by atoms with van der Waals surface area (Å²) in [5.41, 5.74) is 8.26. The second kappa shape index (κ2) is 8.03. The number of nitrogens with two attached hydrogens (primary N) is 1. The van der Waals surface area contributed by atoms with Gasteiger partial charge in [-0.15, -0.1) is 0 Å². The molecule has 0 spiro atoms. The van der Waals surface area contributed by atoms with Crippen molar-refractivity contribution in [3.63, 3.8) is 0 Å². The summed E-state index contributed by atoms with van der Waals surface area (Å²) in [5.74, 6) is -0.559. The number of carbonyl (C=O) groups excluding carboxylic acids is 3. The molecule has 140 valence electrons. The van der Waals surface area contributed by atoms with E-state index < -0.39 is 5.91 Å². The molecule has 0 aliphatic heterocycles. The number of hydrogen-bond acceptors (Lipinski definition) is 3. The molecule has 6 nitrogen and oxygen atoms in total. The molecule has 0 atom stereocenters. The fourth-order valence-electron chi connectivity index (χ4n) is 2.88. The number of nitrogens with zero attached hydrogens (tertiary/aromatic N) is 1. The van der Waals surface area contributed by atoms with Crippen molar-refractivity contribution in [3.8, 4) is 0 Å². The zero-order valence-electron chi connectivity index (χ0n) is 15.3. The van der Waals surface area contributed by atoms with Crippen LogP contribution in [0.2, 0.25) is 0 Å². The summed E-state index contributed by atoms with van der Waals surface area (Å²) in [6.07, 6.45) is 2.01. The van der Waals surface area contributed by atoms with E-state index in [1.54, 1.807) is 24.3 Å². The first-order valence-corrected chi connectivity index (χ1v) is 8.97. The fraction of sp³-hybridized carbons (Fsp3) is 0.286. The smallest absolute Gasteiger partial charge is 0.254 e. The Morgan fingerprint density at radius 2 is 1.52 bits per heavy atom. The molecule has 2 aromatic carbocycles. The Morgan fingerprint density at radius 3 is 2.04 bits per heavy atom. The van der Waals surface area contributed by atoms with Crippen LogP contribution in [0.25, 0.3) is 0 Å². The molecular weight excluding hydrogens is 342 g/mol. The van der Waals surface area contributed by atoms with Gasteiger partial charge in [0.15, 0.2) is 0 Å². The number of hydrogen-bond donors (Lipinski definition) is 2. The molecule has 2 aromatic rings. The fourth-order valence-corrected chi connectivity index (χ4v) is 2.88. The van der Waals surface area contributed by atoms with Gasteiger partial charge in [-0.1, -0.05) is 24.3 Å². The minimum absolute atomic E-state index is 0.0115. The van der Waals surface area contributed by atoms with Crippen molar-refractivity contribution in [2.45, 2.75) is 38.9 Å². The number of benzene rings is 2. The molecule has 1 aliphatic rings. The van der Waals surface area contributed by atoms with Gasteiger partial charge in [0.05, 0.1) is 0 Å². The van der Waals surface area contributed by atoms with Gasteiger partial charge in [-0.3, -0.25) is 14.4 Å². The maximum absolute atomic E-state index is 13.0. The van der Waals surface area contributed by atoms with Crippen LogP contribution in [-0.2, 0) is 17.9 Å². The number of carbonyl (C=O) groups is 3. The molecule has 3 rings (SSSR count). The highest BCUT2D eigenvalue weighted by molar-refractivity contribution is 5.95. The Labute approximate surface area is 158 Å². The molecular formula is C21H23N3O3. The molecule has 1 fully saturated rings. The summed E-state index contributed by atoms with van der Waals surface area (Å²) in [7, 11) is 0. The van der Waals surface area contributed by atoms with Crippen LogP contribution in [0.15, 0.2) is 48.5 Å². The molecule has 0 heterocycles. The van der Waals surface area contributed by atoms with Crippen molar-refractivity contribution >= 4 is 17.7 Å². The standard InChI is InChI=1S/C21H23N3O3/c1-14(25)23-12-15-2-8-18(9-3-15)21(27)24(19-10-11-19)13-16-4-6-17(7-5-16)20(22)26/h2-9,19H,10-13H2,1H3,(H2,22,26)(H,23,25). The van der Waals surface area contributed by atoms with Crippen LogP contribution in [0.3, 0.4) is 0 Å². The van der Waals surface area contributed by atoms with E-state index in [0.717, 1.165) is 24.0 Å².